The fourth-order valence-corrected chi connectivity index (χ4v) is 1.13. The molecule has 0 radical (unpaired) electrons. The van der Waals surface area contributed by atoms with Gasteiger partial charge in [-0.15, -0.1) is 0 Å². The second kappa shape index (κ2) is 5.96. The summed E-state index contributed by atoms with van der Waals surface area (Å²) in [6.07, 6.45) is -1.08. The number of ether oxygens (including phenoxy) is 4. The molecule has 0 N–H and O–H groups in total. The molecular formula is C12H26O4. The monoisotopic (exact) mass is 234 g/mol. The summed E-state index contributed by atoms with van der Waals surface area (Å²) in [5.74, 6) is 0. The van der Waals surface area contributed by atoms with Gasteiger partial charge in [-0.1, -0.05) is 0 Å². The first-order valence-corrected chi connectivity index (χ1v) is 5.50. The van der Waals surface area contributed by atoms with Crippen molar-refractivity contribution in [3.8, 4) is 0 Å². The van der Waals surface area contributed by atoms with E-state index in [-0.39, 0.29) is 11.2 Å². The van der Waals surface area contributed by atoms with Crippen LogP contribution in [-0.2, 0) is 18.9 Å². The minimum absolute atomic E-state index is 0.307. The molecule has 0 heterocycles. The third kappa shape index (κ3) is 7.17. The first-order valence-electron chi connectivity index (χ1n) is 5.50. The topological polar surface area (TPSA) is 36.9 Å². The Labute approximate surface area is 99.2 Å². The molecule has 0 saturated heterocycles. The second-order valence-electron chi connectivity index (χ2n) is 5.67. The fraction of sp³-hybridized carbons (Fsp3) is 1.00. The van der Waals surface area contributed by atoms with Gasteiger partial charge in [0.15, 0.2) is 0 Å². The molecule has 0 saturated carbocycles. The molecule has 0 bridgehead atoms. The minimum atomic E-state index is -0.538. The van der Waals surface area contributed by atoms with Crippen LogP contribution in [0.2, 0.25) is 0 Å². The second-order valence-corrected chi connectivity index (χ2v) is 5.67. The van der Waals surface area contributed by atoms with Crippen LogP contribution in [0, 0.1) is 0 Å². The van der Waals surface area contributed by atoms with E-state index < -0.39 is 12.6 Å². The third-order valence-electron chi connectivity index (χ3n) is 1.63. The van der Waals surface area contributed by atoms with Crippen molar-refractivity contribution in [1.29, 1.82) is 0 Å². The van der Waals surface area contributed by atoms with Crippen molar-refractivity contribution < 1.29 is 18.9 Å². The Balaban J connectivity index is 4.51. The van der Waals surface area contributed by atoms with E-state index in [4.69, 9.17) is 18.9 Å². The highest BCUT2D eigenvalue weighted by Crippen LogP contribution is 2.20. The number of hydrogen-bond acceptors (Lipinski definition) is 4. The van der Waals surface area contributed by atoms with Gasteiger partial charge in [0.2, 0.25) is 12.6 Å². The molecule has 2 atom stereocenters. The summed E-state index contributed by atoms with van der Waals surface area (Å²) >= 11 is 0. The summed E-state index contributed by atoms with van der Waals surface area (Å²) in [7, 11) is 3.16. The Morgan fingerprint density at radius 3 is 1.00 bits per heavy atom. The van der Waals surface area contributed by atoms with Crippen LogP contribution in [0.1, 0.15) is 41.5 Å². The number of methoxy groups -OCH3 is 2. The smallest absolute Gasteiger partial charge is 0.209 e. The summed E-state index contributed by atoms with van der Waals surface area (Å²) in [6, 6.07) is 0. The molecule has 4 nitrogen and oxygen atoms in total. The molecule has 0 aromatic rings. The van der Waals surface area contributed by atoms with Crippen LogP contribution in [-0.4, -0.2) is 38.0 Å². The van der Waals surface area contributed by atoms with Crippen molar-refractivity contribution in [2.24, 2.45) is 0 Å². The summed E-state index contributed by atoms with van der Waals surface area (Å²) < 4.78 is 21.9. The van der Waals surface area contributed by atoms with Gasteiger partial charge >= 0.3 is 0 Å². The lowest BCUT2D eigenvalue weighted by atomic mass is 10.2. The van der Waals surface area contributed by atoms with E-state index in [1.54, 1.807) is 14.2 Å². The van der Waals surface area contributed by atoms with Crippen LogP contribution in [0.4, 0.5) is 0 Å². The zero-order valence-electron chi connectivity index (χ0n) is 11.8. The van der Waals surface area contributed by atoms with E-state index in [9.17, 15) is 0 Å². The van der Waals surface area contributed by atoms with Gasteiger partial charge in [-0.3, -0.25) is 0 Å². The average molecular weight is 234 g/mol. The van der Waals surface area contributed by atoms with Crippen molar-refractivity contribution >= 4 is 0 Å². The van der Waals surface area contributed by atoms with Gasteiger partial charge in [-0.2, -0.15) is 0 Å². The van der Waals surface area contributed by atoms with Crippen LogP contribution in [0.25, 0.3) is 0 Å². The molecule has 0 rings (SSSR count). The molecule has 98 valence electrons. The standard InChI is InChI=1S/C12H26O4/c1-11(2,3)15-9(13-7)10(14-8)16-12(4,5)6/h9-10H,1-8H3/t9-,10+. The fourth-order valence-electron chi connectivity index (χ4n) is 1.13. The Hall–Kier alpha value is -0.160. The van der Waals surface area contributed by atoms with E-state index in [1.165, 1.54) is 0 Å². The van der Waals surface area contributed by atoms with Crippen molar-refractivity contribution in [3.05, 3.63) is 0 Å². The number of hydrogen-bond donors (Lipinski definition) is 0. The third-order valence-corrected chi connectivity index (χ3v) is 1.63. The van der Waals surface area contributed by atoms with Crippen molar-refractivity contribution in [1.82, 2.24) is 0 Å². The lowest BCUT2D eigenvalue weighted by Gasteiger charge is -2.34. The first kappa shape index (κ1) is 15.8. The highest BCUT2D eigenvalue weighted by molar-refractivity contribution is 4.66. The van der Waals surface area contributed by atoms with Crippen LogP contribution >= 0.6 is 0 Å². The van der Waals surface area contributed by atoms with Crippen LogP contribution < -0.4 is 0 Å². The van der Waals surface area contributed by atoms with E-state index in [0.717, 1.165) is 0 Å². The van der Waals surface area contributed by atoms with Gasteiger partial charge in [0.05, 0.1) is 11.2 Å². The molecule has 0 amide bonds. The molecule has 0 fully saturated rings. The highest BCUT2D eigenvalue weighted by atomic mass is 16.8. The largest absolute Gasteiger partial charge is 0.351 e. The normalized spacial score (nSPS) is 17.2. The van der Waals surface area contributed by atoms with Gasteiger partial charge in [0, 0.05) is 14.2 Å². The zero-order valence-corrected chi connectivity index (χ0v) is 11.8. The molecule has 0 aromatic heterocycles. The molecule has 4 heteroatoms. The molecule has 16 heavy (non-hydrogen) atoms. The Kier molecular flexibility index (Phi) is 5.90. The lowest BCUT2D eigenvalue weighted by Crippen LogP contribution is -2.43. The summed E-state index contributed by atoms with van der Waals surface area (Å²) in [4.78, 5) is 0. The molecule has 0 aliphatic carbocycles. The van der Waals surface area contributed by atoms with Crippen molar-refractivity contribution in [2.45, 2.75) is 65.3 Å². The predicted molar refractivity (Wildman–Crippen MR) is 63.3 cm³/mol. The van der Waals surface area contributed by atoms with Crippen molar-refractivity contribution in [3.63, 3.8) is 0 Å². The van der Waals surface area contributed by atoms with E-state index in [1.807, 2.05) is 41.5 Å². The molecular weight excluding hydrogens is 208 g/mol. The van der Waals surface area contributed by atoms with E-state index in [0.29, 0.717) is 0 Å². The van der Waals surface area contributed by atoms with Crippen LogP contribution in [0.3, 0.4) is 0 Å². The number of rotatable bonds is 5. The summed E-state index contributed by atoms with van der Waals surface area (Å²) in [6.45, 7) is 11.8. The van der Waals surface area contributed by atoms with Crippen LogP contribution in [0.5, 0.6) is 0 Å². The van der Waals surface area contributed by atoms with Crippen LogP contribution in [0.15, 0.2) is 0 Å². The van der Waals surface area contributed by atoms with Gasteiger partial charge < -0.3 is 18.9 Å². The molecule has 0 spiro atoms. The molecule has 0 aliphatic rings. The molecule has 0 aromatic carbocycles. The summed E-state index contributed by atoms with van der Waals surface area (Å²) in [5.41, 5.74) is -0.614. The van der Waals surface area contributed by atoms with Gasteiger partial charge in [-0.25, -0.2) is 0 Å². The summed E-state index contributed by atoms with van der Waals surface area (Å²) in [5, 5.41) is 0. The minimum Gasteiger partial charge on any atom is -0.351 e. The predicted octanol–water partition coefficient (Wildman–Crippen LogP) is 2.56. The Morgan fingerprint density at radius 1 is 0.625 bits per heavy atom. The first-order chi connectivity index (χ1) is 7.09. The van der Waals surface area contributed by atoms with Gasteiger partial charge in [0.1, 0.15) is 0 Å². The average Bonchev–Trinajstić information content (AvgIpc) is 2.07. The zero-order chi connectivity index (χ0) is 13.0. The molecule has 0 unspecified atom stereocenters. The van der Waals surface area contributed by atoms with Gasteiger partial charge in [0.25, 0.3) is 0 Å². The lowest BCUT2D eigenvalue weighted by molar-refractivity contribution is -0.314. The van der Waals surface area contributed by atoms with Gasteiger partial charge in [-0.05, 0) is 41.5 Å². The molecule has 0 aliphatic heterocycles. The quantitative estimate of drug-likeness (QED) is 0.685. The SMILES string of the molecule is CO[C@H](OC(C)(C)C)[C@@H](OC)OC(C)(C)C. The van der Waals surface area contributed by atoms with E-state index in [2.05, 4.69) is 0 Å². The maximum Gasteiger partial charge on any atom is 0.209 e. The Bertz CT molecular complexity index is 168. The maximum absolute atomic E-state index is 5.71. The van der Waals surface area contributed by atoms with E-state index >= 15 is 0 Å². The van der Waals surface area contributed by atoms with Crippen molar-refractivity contribution in [2.75, 3.05) is 14.2 Å². The maximum atomic E-state index is 5.71. The Morgan fingerprint density at radius 2 is 0.875 bits per heavy atom. The highest BCUT2D eigenvalue weighted by Gasteiger charge is 2.30.